The van der Waals surface area contributed by atoms with E-state index in [0.29, 0.717) is 11.4 Å². The van der Waals surface area contributed by atoms with Crippen molar-refractivity contribution in [3.05, 3.63) is 27.7 Å². The molecule has 1 heterocycles. The Kier molecular flexibility index (Phi) is 3.47. The number of nitrogens with one attached hydrogen (secondary N) is 1. The molecule has 0 aliphatic carbocycles. The largest absolute Gasteiger partial charge is 0.380 e. The molecule has 2 rings (SSSR count). The van der Waals surface area contributed by atoms with Gasteiger partial charge in [-0.2, -0.15) is 0 Å². The maximum Gasteiger partial charge on any atom is 0.152 e. The van der Waals surface area contributed by atoms with Crippen molar-refractivity contribution in [3.8, 4) is 0 Å². The molecule has 1 aromatic carbocycles. The van der Waals surface area contributed by atoms with E-state index in [1.807, 2.05) is 6.07 Å². The van der Waals surface area contributed by atoms with Crippen molar-refractivity contribution in [2.75, 3.05) is 16.8 Å². The molecule has 0 spiro atoms. The van der Waals surface area contributed by atoms with E-state index < -0.39 is 9.84 Å². The number of hydrogen-bond donors (Lipinski definition) is 1. The highest BCUT2D eigenvalue weighted by Crippen LogP contribution is 2.28. The summed E-state index contributed by atoms with van der Waals surface area (Å²) in [5, 5.41) is 3.83. The fourth-order valence-electron chi connectivity index (χ4n) is 1.74. The van der Waals surface area contributed by atoms with E-state index in [0.717, 1.165) is 10.2 Å². The first kappa shape index (κ1) is 12.2. The third-order valence-corrected chi connectivity index (χ3v) is 5.22. The first-order valence-corrected chi connectivity index (χ1v) is 7.87. The molecule has 3 nitrogen and oxygen atoms in total. The van der Waals surface area contributed by atoms with E-state index in [4.69, 9.17) is 11.6 Å². The SMILES string of the molecule is O=S1(=O)CCC(Nc2cc(Cl)ccc2Br)C1. The molecule has 16 heavy (non-hydrogen) atoms. The van der Waals surface area contributed by atoms with Crippen LogP contribution in [0.2, 0.25) is 5.02 Å². The van der Waals surface area contributed by atoms with Crippen molar-refractivity contribution >= 4 is 43.1 Å². The second-order valence-electron chi connectivity index (χ2n) is 3.87. The van der Waals surface area contributed by atoms with Crippen molar-refractivity contribution < 1.29 is 8.42 Å². The van der Waals surface area contributed by atoms with Gasteiger partial charge in [-0.25, -0.2) is 8.42 Å². The Morgan fingerprint density at radius 2 is 2.19 bits per heavy atom. The molecule has 1 saturated heterocycles. The molecule has 0 bridgehead atoms. The minimum absolute atomic E-state index is 0.0141. The first-order chi connectivity index (χ1) is 7.46. The molecular weight excluding hydrogens is 314 g/mol. The van der Waals surface area contributed by atoms with Crippen LogP contribution in [0.4, 0.5) is 5.69 Å². The number of halogens is 2. The molecule has 0 saturated carbocycles. The van der Waals surface area contributed by atoms with Crippen LogP contribution in [0.5, 0.6) is 0 Å². The molecule has 1 aliphatic rings. The summed E-state index contributed by atoms with van der Waals surface area (Å²) < 4.78 is 23.5. The average molecular weight is 325 g/mol. The van der Waals surface area contributed by atoms with Crippen LogP contribution in [0.25, 0.3) is 0 Å². The molecule has 1 aromatic rings. The van der Waals surface area contributed by atoms with Gasteiger partial charge in [-0.15, -0.1) is 0 Å². The number of anilines is 1. The fraction of sp³-hybridized carbons (Fsp3) is 0.400. The highest BCUT2D eigenvalue weighted by molar-refractivity contribution is 9.10. The van der Waals surface area contributed by atoms with Crippen LogP contribution >= 0.6 is 27.5 Å². The Balaban J connectivity index is 2.13. The van der Waals surface area contributed by atoms with E-state index >= 15 is 0 Å². The predicted octanol–water partition coefficient (Wildman–Crippen LogP) is 2.70. The van der Waals surface area contributed by atoms with Crippen molar-refractivity contribution in [2.45, 2.75) is 12.5 Å². The predicted molar refractivity (Wildman–Crippen MR) is 69.8 cm³/mol. The van der Waals surface area contributed by atoms with Crippen LogP contribution in [0.1, 0.15) is 6.42 Å². The lowest BCUT2D eigenvalue weighted by Crippen LogP contribution is -2.20. The molecule has 1 aliphatic heterocycles. The van der Waals surface area contributed by atoms with Gasteiger partial charge in [-0.3, -0.25) is 0 Å². The maximum atomic E-state index is 11.3. The van der Waals surface area contributed by atoms with Crippen LogP contribution in [0, 0.1) is 0 Å². The van der Waals surface area contributed by atoms with Crippen molar-refractivity contribution in [2.24, 2.45) is 0 Å². The summed E-state index contributed by atoms with van der Waals surface area (Å²) >= 11 is 9.27. The lowest BCUT2D eigenvalue weighted by Gasteiger charge is -2.14. The number of hydrogen-bond acceptors (Lipinski definition) is 3. The summed E-state index contributed by atoms with van der Waals surface area (Å²) in [6.07, 6.45) is 0.654. The van der Waals surface area contributed by atoms with E-state index in [9.17, 15) is 8.42 Å². The second-order valence-corrected chi connectivity index (χ2v) is 7.39. The van der Waals surface area contributed by atoms with Crippen molar-refractivity contribution in [1.29, 1.82) is 0 Å². The van der Waals surface area contributed by atoms with Gasteiger partial charge in [0.2, 0.25) is 0 Å². The Labute approximate surface area is 108 Å². The van der Waals surface area contributed by atoms with E-state index in [1.165, 1.54) is 0 Å². The monoisotopic (exact) mass is 323 g/mol. The summed E-state index contributed by atoms with van der Waals surface area (Å²) in [6.45, 7) is 0. The van der Waals surface area contributed by atoms with Gasteiger partial charge in [0.15, 0.2) is 9.84 Å². The molecule has 1 fully saturated rings. The maximum absolute atomic E-state index is 11.3. The number of benzene rings is 1. The lowest BCUT2D eigenvalue weighted by molar-refractivity contribution is 0.602. The zero-order chi connectivity index (χ0) is 11.8. The van der Waals surface area contributed by atoms with Gasteiger partial charge >= 0.3 is 0 Å². The van der Waals surface area contributed by atoms with Gasteiger partial charge in [0.1, 0.15) is 0 Å². The Morgan fingerprint density at radius 1 is 1.44 bits per heavy atom. The Bertz CT molecular complexity index is 504. The third-order valence-electron chi connectivity index (χ3n) is 2.52. The topological polar surface area (TPSA) is 46.2 Å². The Morgan fingerprint density at radius 3 is 2.81 bits per heavy atom. The first-order valence-electron chi connectivity index (χ1n) is 4.88. The van der Waals surface area contributed by atoms with Crippen LogP contribution in [0.3, 0.4) is 0 Å². The third kappa shape index (κ3) is 2.90. The molecule has 0 radical (unpaired) electrons. The van der Waals surface area contributed by atoms with Crippen molar-refractivity contribution in [1.82, 2.24) is 0 Å². The van der Waals surface area contributed by atoms with Gasteiger partial charge < -0.3 is 5.32 Å². The zero-order valence-corrected chi connectivity index (χ0v) is 11.6. The highest BCUT2D eigenvalue weighted by Gasteiger charge is 2.27. The van der Waals surface area contributed by atoms with Gasteiger partial charge in [-0.1, -0.05) is 11.6 Å². The minimum atomic E-state index is -2.85. The molecule has 88 valence electrons. The van der Waals surface area contributed by atoms with Crippen LogP contribution in [0.15, 0.2) is 22.7 Å². The van der Waals surface area contributed by atoms with Crippen LogP contribution in [-0.4, -0.2) is 26.0 Å². The molecule has 1 unspecified atom stereocenters. The van der Waals surface area contributed by atoms with Gasteiger partial charge in [0.05, 0.1) is 17.2 Å². The summed E-state index contributed by atoms with van der Waals surface area (Å²) in [5.41, 5.74) is 0.842. The smallest absolute Gasteiger partial charge is 0.152 e. The van der Waals surface area contributed by atoms with E-state index in [1.54, 1.807) is 12.1 Å². The molecule has 6 heteroatoms. The zero-order valence-electron chi connectivity index (χ0n) is 8.41. The molecular formula is C10H11BrClNO2S. The number of sulfone groups is 1. The van der Waals surface area contributed by atoms with E-state index in [2.05, 4.69) is 21.2 Å². The quantitative estimate of drug-likeness (QED) is 0.910. The summed E-state index contributed by atoms with van der Waals surface area (Å²) in [4.78, 5) is 0. The van der Waals surface area contributed by atoms with Crippen LogP contribution < -0.4 is 5.32 Å². The summed E-state index contributed by atoms with van der Waals surface area (Å²) in [6, 6.07) is 5.40. The number of rotatable bonds is 2. The summed E-state index contributed by atoms with van der Waals surface area (Å²) in [7, 11) is -2.85. The lowest BCUT2D eigenvalue weighted by atomic mass is 10.2. The van der Waals surface area contributed by atoms with Crippen LogP contribution in [-0.2, 0) is 9.84 Å². The van der Waals surface area contributed by atoms with Crippen molar-refractivity contribution in [3.63, 3.8) is 0 Å². The van der Waals surface area contributed by atoms with Gasteiger partial charge in [-0.05, 0) is 40.5 Å². The van der Waals surface area contributed by atoms with Gasteiger partial charge in [0, 0.05) is 15.5 Å². The average Bonchev–Trinajstić information content (AvgIpc) is 2.52. The standard InChI is InChI=1S/C10H11BrClNO2S/c11-9-2-1-7(12)5-10(9)13-8-3-4-16(14,15)6-8/h1-2,5,8,13H,3-4,6H2. The van der Waals surface area contributed by atoms with E-state index in [-0.39, 0.29) is 17.5 Å². The second kappa shape index (κ2) is 4.55. The molecule has 0 aromatic heterocycles. The molecule has 0 amide bonds. The normalized spacial score (nSPS) is 23.2. The highest BCUT2D eigenvalue weighted by atomic mass is 79.9. The fourth-order valence-corrected chi connectivity index (χ4v) is 3.94. The summed E-state index contributed by atoms with van der Waals surface area (Å²) in [5.74, 6) is 0.467. The molecule has 1 atom stereocenters. The Hall–Kier alpha value is -0.260. The minimum Gasteiger partial charge on any atom is -0.380 e. The van der Waals surface area contributed by atoms with Gasteiger partial charge in [0.25, 0.3) is 0 Å². The molecule has 1 N–H and O–H groups in total.